The molecule has 0 unspecified atom stereocenters. The van der Waals surface area contributed by atoms with E-state index in [0.717, 1.165) is 24.7 Å². The van der Waals surface area contributed by atoms with Gasteiger partial charge in [-0.15, -0.1) is 0 Å². The van der Waals surface area contributed by atoms with Crippen LogP contribution in [0.25, 0.3) is 0 Å². The number of rotatable bonds is 1. The Labute approximate surface area is 85.6 Å². The van der Waals surface area contributed by atoms with Crippen LogP contribution in [-0.4, -0.2) is 34.3 Å². The van der Waals surface area contributed by atoms with Gasteiger partial charge in [0.1, 0.15) is 0 Å². The highest BCUT2D eigenvalue weighted by atomic mass is 32.2. The fourth-order valence-corrected chi connectivity index (χ4v) is 2.70. The van der Waals surface area contributed by atoms with Crippen LogP contribution >= 0.6 is 11.8 Å². The molecular formula is C10H20N2S. The molecule has 0 aliphatic carbocycles. The second-order valence-electron chi connectivity index (χ2n) is 4.57. The molecule has 76 valence electrons. The zero-order chi connectivity index (χ0) is 10.1. The second kappa shape index (κ2) is 3.91. The Bertz CT molecular complexity index is 199. The Morgan fingerprint density at radius 2 is 2.08 bits per heavy atom. The summed E-state index contributed by atoms with van der Waals surface area (Å²) >= 11 is 2.01. The molecule has 0 bridgehead atoms. The molecule has 1 rings (SSSR count). The number of nitrogens with zero attached hydrogens (tertiary/aromatic N) is 1. The van der Waals surface area contributed by atoms with Crippen molar-refractivity contribution in [2.24, 2.45) is 5.92 Å². The van der Waals surface area contributed by atoms with Crippen molar-refractivity contribution in [3.05, 3.63) is 0 Å². The van der Waals surface area contributed by atoms with Crippen molar-refractivity contribution in [3.8, 4) is 0 Å². The first-order valence-corrected chi connectivity index (χ1v) is 5.88. The van der Waals surface area contributed by atoms with Crippen molar-refractivity contribution in [2.75, 3.05) is 18.8 Å². The van der Waals surface area contributed by atoms with Crippen LogP contribution in [0.3, 0.4) is 0 Å². The summed E-state index contributed by atoms with van der Waals surface area (Å²) in [4.78, 5) is 2.22. The van der Waals surface area contributed by atoms with E-state index in [1.165, 1.54) is 0 Å². The molecule has 1 heterocycles. The third-order valence-corrected chi connectivity index (χ3v) is 3.61. The van der Waals surface area contributed by atoms with Crippen LogP contribution in [0.1, 0.15) is 27.7 Å². The van der Waals surface area contributed by atoms with Crippen molar-refractivity contribution < 1.29 is 0 Å². The van der Waals surface area contributed by atoms with Crippen molar-refractivity contribution in [1.29, 1.82) is 5.41 Å². The smallest absolute Gasteiger partial charge is 0.0984 e. The minimum atomic E-state index is 0.319. The molecule has 1 aliphatic heterocycles. The quantitative estimate of drug-likeness (QED) is 0.520. The summed E-state index contributed by atoms with van der Waals surface area (Å²) in [5.41, 5.74) is 0. The molecule has 1 saturated heterocycles. The van der Waals surface area contributed by atoms with Crippen molar-refractivity contribution in [3.63, 3.8) is 0 Å². The molecule has 0 aromatic carbocycles. The molecule has 0 spiro atoms. The Morgan fingerprint density at radius 3 is 2.54 bits per heavy atom. The Balaban J connectivity index is 2.57. The standard InChI is InChI=1S/C10H20N2S/c1-8(2)9(11)12-5-6-13-10(3,4)7-12/h8,11H,5-7H2,1-4H3. The summed E-state index contributed by atoms with van der Waals surface area (Å²) in [6, 6.07) is 0. The third-order valence-electron chi connectivity index (χ3n) is 2.31. The molecule has 0 aromatic rings. The van der Waals surface area contributed by atoms with Gasteiger partial charge in [-0.2, -0.15) is 11.8 Å². The summed E-state index contributed by atoms with van der Waals surface area (Å²) in [7, 11) is 0. The first kappa shape index (κ1) is 10.9. The van der Waals surface area contributed by atoms with Crippen molar-refractivity contribution in [1.82, 2.24) is 4.90 Å². The van der Waals surface area contributed by atoms with E-state index in [4.69, 9.17) is 5.41 Å². The average molecular weight is 200 g/mol. The molecule has 13 heavy (non-hydrogen) atoms. The number of amidine groups is 1. The molecular weight excluding hydrogens is 180 g/mol. The average Bonchev–Trinajstić information content (AvgIpc) is 2.01. The van der Waals surface area contributed by atoms with E-state index in [9.17, 15) is 0 Å². The fraction of sp³-hybridized carbons (Fsp3) is 0.900. The van der Waals surface area contributed by atoms with E-state index >= 15 is 0 Å². The summed E-state index contributed by atoms with van der Waals surface area (Å²) < 4.78 is 0.319. The highest BCUT2D eigenvalue weighted by molar-refractivity contribution is 8.00. The Kier molecular flexibility index (Phi) is 3.28. The normalized spacial score (nSPS) is 22.1. The van der Waals surface area contributed by atoms with Crippen molar-refractivity contribution >= 4 is 17.6 Å². The molecule has 3 heteroatoms. The van der Waals surface area contributed by atoms with Gasteiger partial charge in [-0.1, -0.05) is 13.8 Å². The lowest BCUT2D eigenvalue weighted by Gasteiger charge is -2.39. The summed E-state index contributed by atoms with van der Waals surface area (Å²) in [5.74, 6) is 2.31. The molecule has 2 nitrogen and oxygen atoms in total. The lowest BCUT2D eigenvalue weighted by molar-refractivity contribution is 0.371. The Hall–Kier alpha value is -0.180. The van der Waals surface area contributed by atoms with Gasteiger partial charge in [-0.25, -0.2) is 0 Å². The van der Waals surface area contributed by atoms with E-state index in [1.807, 2.05) is 11.8 Å². The SMILES string of the molecule is CC(C)C(=N)N1CCSC(C)(C)C1. The van der Waals surface area contributed by atoms with E-state index in [-0.39, 0.29) is 0 Å². The van der Waals surface area contributed by atoms with Gasteiger partial charge in [0, 0.05) is 29.5 Å². The summed E-state index contributed by atoms with van der Waals surface area (Å²) in [5, 5.41) is 7.93. The largest absolute Gasteiger partial charge is 0.358 e. The van der Waals surface area contributed by atoms with E-state index < -0.39 is 0 Å². The lowest BCUT2D eigenvalue weighted by Crippen LogP contribution is -2.47. The van der Waals surface area contributed by atoms with Crippen molar-refractivity contribution in [2.45, 2.75) is 32.4 Å². The summed E-state index contributed by atoms with van der Waals surface area (Å²) in [6.07, 6.45) is 0. The molecule has 0 radical (unpaired) electrons. The van der Waals surface area contributed by atoms with E-state index in [0.29, 0.717) is 10.7 Å². The highest BCUT2D eigenvalue weighted by Gasteiger charge is 2.28. The van der Waals surface area contributed by atoms with Gasteiger partial charge >= 0.3 is 0 Å². The maximum Gasteiger partial charge on any atom is 0.0984 e. The van der Waals surface area contributed by atoms with Crippen LogP contribution in [-0.2, 0) is 0 Å². The molecule has 1 aliphatic rings. The van der Waals surface area contributed by atoms with Crippen LogP contribution in [0, 0.1) is 11.3 Å². The Morgan fingerprint density at radius 1 is 1.46 bits per heavy atom. The second-order valence-corrected chi connectivity index (χ2v) is 6.37. The maximum atomic E-state index is 7.93. The topological polar surface area (TPSA) is 27.1 Å². The van der Waals surface area contributed by atoms with Crippen LogP contribution < -0.4 is 0 Å². The first-order valence-electron chi connectivity index (χ1n) is 4.90. The first-order chi connectivity index (χ1) is 5.92. The van der Waals surface area contributed by atoms with E-state index in [2.05, 4.69) is 32.6 Å². The molecule has 0 atom stereocenters. The monoisotopic (exact) mass is 200 g/mol. The van der Waals surface area contributed by atoms with E-state index in [1.54, 1.807) is 0 Å². The van der Waals surface area contributed by atoms with Crippen LogP contribution in [0.5, 0.6) is 0 Å². The molecule has 0 amide bonds. The molecule has 0 saturated carbocycles. The van der Waals surface area contributed by atoms with Gasteiger partial charge < -0.3 is 4.90 Å². The highest BCUT2D eigenvalue weighted by Crippen LogP contribution is 2.29. The predicted octanol–water partition coefficient (Wildman–Crippen LogP) is 2.45. The number of nitrogens with one attached hydrogen (secondary N) is 1. The minimum Gasteiger partial charge on any atom is -0.358 e. The van der Waals surface area contributed by atoms with Gasteiger partial charge in [-0.05, 0) is 13.8 Å². The zero-order valence-corrected chi connectivity index (χ0v) is 9.87. The van der Waals surface area contributed by atoms with Gasteiger partial charge in [-0.3, -0.25) is 5.41 Å². The number of thioether (sulfide) groups is 1. The number of hydrogen-bond acceptors (Lipinski definition) is 2. The molecule has 1 fully saturated rings. The molecule has 1 N–H and O–H groups in total. The van der Waals surface area contributed by atoms with Gasteiger partial charge in [0.25, 0.3) is 0 Å². The van der Waals surface area contributed by atoms with Crippen LogP contribution in [0.2, 0.25) is 0 Å². The van der Waals surface area contributed by atoms with Gasteiger partial charge in [0.2, 0.25) is 0 Å². The maximum absolute atomic E-state index is 7.93. The summed E-state index contributed by atoms with van der Waals surface area (Å²) in [6.45, 7) is 10.8. The van der Waals surface area contributed by atoms with Gasteiger partial charge in [0.05, 0.1) is 5.84 Å². The third kappa shape index (κ3) is 2.90. The minimum absolute atomic E-state index is 0.319. The predicted molar refractivity (Wildman–Crippen MR) is 60.7 cm³/mol. The van der Waals surface area contributed by atoms with Crippen LogP contribution in [0.15, 0.2) is 0 Å². The lowest BCUT2D eigenvalue weighted by atomic mass is 10.1. The van der Waals surface area contributed by atoms with Gasteiger partial charge in [0.15, 0.2) is 0 Å². The molecule has 0 aromatic heterocycles. The zero-order valence-electron chi connectivity index (χ0n) is 9.05. The number of hydrogen-bond donors (Lipinski definition) is 1. The van der Waals surface area contributed by atoms with Crippen LogP contribution in [0.4, 0.5) is 0 Å². The fourth-order valence-electron chi connectivity index (χ4n) is 1.59.